The summed E-state index contributed by atoms with van der Waals surface area (Å²) in [4.78, 5) is 11.8. The minimum Gasteiger partial charge on any atom is -0.356 e. The highest BCUT2D eigenvalue weighted by Gasteiger charge is 2.43. The molecule has 0 heterocycles. The molecule has 0 spiro atoms. The van der Waals surface area contributed by atoms with Crippen LogP contribution in [0.1, 0.15) is 30.7 Å². The summed E-state index contributed by atoms with van der Waals surface area (Å²) < 4.78 is 0. The Morgan fingerprint density at radius 1 is 1.41 bits per heavy atom. The molecule has 1 saturated carbocycles. The van der Waals surface area contributed by atoms with Crippen molar-refractivity contribution in [2.45, 2.75) is 25.2 Å². The smallest absolute Gasteiger partial charge is 0.223 e. The van der Waals surface area contributed by atoms with E-state index in [2.05, 4.69) is 23.5 Å². The maximum atomic E-state index is 11.8. The highest BCUT2D eigenvalue weighted by Crippen LogP contribution is 2.47. The van der Waals surface area contributed by atoms with Crippen LogP contribution in [0.15, 0.2) is 30.3 Å². The number of nitriles is 1. The van der Waals surface area contributed by atoms with E-state index in [4.69, 9.17) is 5.26 Å². The second-order valence-electron chi connectivity index (χ2n) is 4.41. The number of hydrogen-bond donors (Lipinski definition) is 1. The van der Waals surface area contributed by atoms with Gasteiger partial charge in [0.05, 0.1) is 6.07 Å². The van der Waals surface area contributed by atoms with E-state index in [-0.39, 0.29) is 11.8 Å². The highest BCUT2D eigenvalue weighted by atomic mass is 16.2. The van der Waals surface area contributed by atoms with Gasteiger partial charge >= 0.3 is 0 Å². The normalized spacial score (nSPS) is 21.6. The summed E-state index contributed by atoms with van der Waals surface area (Å²) in [5.74, 6) is 0.670. The van der Waals surface area contributed by atoms with Crippen molar-refractivity contribution in [2.24, 2.45) is 5.92 Å². The summed E-state index contributed by atoms with van der Waals surface area (Å²) in [6.45, 7) is 0.615. The maximum Gasteiger partial charge on any atom is 0.223 e. The van der Waals surface area contributed by atoms with Crippen molar-refractivity contribution in [3.8, 4) is 6.07 Å². The largest absolute Gasteiger partial charge is 0.356 e. The van der Waals surface area contributed by atoms with Crippen molar-refractivity contribution >= 4 is 5.91 Å². The Labute approximate surface area is 101 Å². The van der Waals surface area contributed by atoms with Crippen molar-refractivity contribution in [1.29, 1.82) is 5.26 Å². The minimum absolute atomic E-state index is 0.136. The molecular formula is C14H16N2O. The van der Waals surface area contributed by atoms with Crippen molar-refractivity contribution in [3.05, 3.63) is 35.9 Å². The number of unbranched alkanes of at least 4 members (excludes halogenated alkanes) is 1. The van der Waals surface area contributed by atoms with Gasteiger partial charge in [-0.05, 0) is 24.3 Å². The van der Waals surface area contributed by atoms with E-state index in [9.17, 15) is 4.79 Å². The van der Waals surface area contributed by atoms with E-state index < -0.39 is 0 Å². The van der Waals surface area contributed by atoms with E-state index in [1.165, 1.54) is 5.56 Å². The second-order valence-corrected chi connectivity index (χ2v) is 4.41. The number of nitrogens with one attached hydrogen (secondary N) is 1. The van der Waals surface area contributed by atoms with Gasteiger partial charge in [0.25, 0.3) is 0 Å². The van der Waals surface area contributed by atoms with Gasteiger partial charge in [0.1, 0.15) is 0 Å². The standard InChI is InChI=1S/C14H16N2O/c15-8-4-5-9-16-14(17)13-10-12(13)11-6-2-1-3-7-11/h1-3,6-7,12-13H,4-5,9-10H2,(H,16,17). The monoisotopic (exact) mass is 228 g/mol. The van der Waals surface area contributed by atoms with Crippen molar-refractivity contribution in [3.63, 3.8) is 0 Å². The first kappa shape index (κ1) is 11.7. The van der Waals surface area contributed by atoms with Gasteiger partial charge < -0.3 is 5.32 Å². The SMILES string of the molecule is N#CCCCNC(=O)C1CC1c1ccccc1. The molecule has 0 aromatic heterocycles. The lowest BCUT2D eigenvalue weighted by atomic mass is 10.1. The summed E-state index contributed by atoms with van der Waals surface area (Å²) in [5.41, 5.74) is 1.25. The quantitative estimate of drug-likeness (QED) is 0.785. The van der Waals surface area contributed by atoms with Crippen LogP contribution in [0.2, 0.25) is 0 Å². The van der Waals surface area contributed by atoms with Gasteiger partial charge in [-0.15, -0.1) is 0 Å². The number of hydrogen-bond acceptors (Lipinski definition) is 2. The zero-order chi connectivity index (χ0) is 12.1. The topological polar surface area (TPSA) is 52.9 Å². The van der Waals surface area contributed by atoms with Crippen molar-refractivity contribution in [1.82, 2.24) is 5.32 Å². The molecule has 3 nitrogen and oxygen atoms in total. The third-order valence-electron chi connectivity index (χ3n) is 3.12. The molecule has 2 atom stereocenters. The molecule has 1 N–H and O–H groups in total. The fourth-order valence-corrected chi connectivity index (χ4v) is 2.06. The lowest BCUT2D eigenvalue weighted by Gasteiger charge is -2.03. The Morgan fingerprint density at radius 3 is 2.88 bits per heavy atom. The summed E-state index contributed by atoms with van der Waals surface area (Å²) in [6, 6.07) is 12.2. The number of benzene rings is 1. The Hall–Kier alpha value is -1.82. The Bertz CT molecular complexity index is 422. The molecule has 0 radical (unpaired) electrons. The summed E-state index contributed by atoms with van der Waals surface area (Å²) in [6.07, 6.45) is 2.20. The first-order chi connectivity index (χ1) is 8.33. The van der Waals surface area contributed by atoms with Gasteiger partial charge in [-0.3, -0.25) is 4.79 Å². The van der Waals surface area contributed by atoms with Gasteiger partial charge in [-0.2, -0.15) is 5.26 Å². The van der Waals surface area contributed by atoms with Gasteiger partial charge in [0, 0.05) is 18.9 Å². The van der Waals surface area contributed by atoms with Crippen LogP contribution in [0.4, 0.5) is 0 Å². The molecule has 1 aliphatic rings. The molecule has 17 heavy (non-hydrogen) atoms. The van der Waals surface area contributed by atoms with Gasteiger partial charge in [0.2, 0.25) is 5.91 Å². The molecule has 1 aromatic rings. The summed E-state index contributed by atoms with van der Waals surface area (Å²) in [7, 11) is 0. The molecule has 0 aliphatic heterocycles. The molecule has 0 saturated heterocycles. The van der Waals surface area contributed by atoms with E-state index >= 15 is 0 Å². The van der Waals surface area contributed by atoms with Gasteiger partial charge in [-0.1, -0.05) is 30.3 Å². The number of amides is 1. The molecular weight excluding hydrogens is 212 g/mol. The maximum absolute atomic E-state index is 11.8. The molecule has 0 bridgehead atoms. The van der Waals surface area contributed by atoms with Crippen LogP contribution in [0.3, 0.4) is 0 Å². The molecule has 1 aliphatic carbocycles. The third kappa shape index (κ3) is 3.07. The Balaban J connectivity index is 1.75. The predicted octanol–water partition coefficient (Wildman–Crippen LogP) is 2.21. The van der Waals surface area contributed by atoms with E-state index in [0.29, 0.717) is 18.9 Å². The van der Waals surface area contributed by atoms with Crippen LogP contribution in [0, 0.1) is 17.2 Å². The molecule has 88 valence electrons. The lowest BCUT2D eigenvalue weighted by molar-refractivity contribution is -0.122. The van der Waals surface area contributed by atoms with Crippen LogP contribution < -0.4 is 5.32 Å². The van der Waals surface area contributed by atoms with E-state index in [1.807, 2.05) is 18.2 Å². The van der Waals surface area contributed by atoms with Crippen LogP contribution in [-0.4, -0.2) is 12.5 Å². The predicted molar refractivity (Wildman–Crippen MR) is 65.1 cm³/mol. The second kappa shape index (κ2) is 5.49. The summed E-state index contributed by atoms with van der Waals surface area (Å²) in [5, 5.41) is 11.3. The molecule has 2 rings (SSSR count). The number of rotatable bonds is 5. The average Bonchev–Trinajstić information content (AvgIpc) is 3.16. The first-order valence-electron chi connectivity index (χ1n) is 6.02. The molecule has 1 aromatic carbocycles. The zero-order valence-electron chi connectivity index (χ0n) is 9.73. The molecule has 2 unspecified atom stereocenters. The number of carbonyl (C=O) groups is 1. The Morgan fingerprint density at radius 2 is 2.18 bits per heavy atom. The summed E-state index contributed by atoms with van der Waals surface area (Å²) >= 11 is 0. The van der Waals surface area contributed by atoms with Crippen LogP contribution >= 0.6 is 0 Å². The van der Waals surface area contributed by atoms with Crippen LogP contribution in [-0.2, 0) is 4.79 Å². The fraction of sp³-hybridized carbons (Fsp3) is 0.429. The molecule has 1 fully saturated rings. The third-order valence-corrected chi connectivity index (χ3v) is 3.12. The van der Waals surface area contributed by atoms with E-state index in [0.717, 1.165) is 12.8 Å². The highest BCUT2D eigenvalue weighted by molar-refractivity contribution is 5.82. The molecule has 1 amide bonds. The number of nitrogens with zero attached hydrogens (tertiary/aromatic N) is 1. The Kier molecular flexibility index (Phi) is 3.77. The molecule has 3 heteroatoms. The average molecular weight is 228 g/mol. The first-order valence-corrected chi connectivity index (χ1v) is 6.02. The lowest BCUT2D eigenvalue weighted by Crippen LogP contribution is -2.26. The van der Waals surface area contributed by atoms with Gasteiger partial charge in [0.15, 0.2) is 0 Å². The van der Waals surface area contributed by atoms with E-state index in [1.54, 1.807) is 0 Å². The van der Waals surface area contributed by atoms with Crippen LogP contribution in [0.5, 0.6) is 0 Å². The van der Waals surface area contributed by atoms with Crippen molar-refractivity contribution < 1.29 is 4.79 Å². The number of carbonyl (C=O) groups excluding carboxylic acids is 1. The van der Waals surface area contributed by atoms with Crippen molar-refractivity contribution in [2.75, 3.05) is 6.54 Å². The van der Waals surface area contributed by atoms with Gasteiger partial charge in [-0.25, -0.2) is 0 Å². The zero-order valence-corrected chi connectivity index (χ0v) is 9.73. The minimum atomic E-state index is 0.136. The van der Waals surface area contributed by atoms with Crippen LogP contribution in [0.25, 0.3) is 0 Å². The fourth-order valence-electron chi connectivity index (χ4n) is 2.06.